The summed E-state index contributed by atoms with van der Waals surface area (Å²) in [7, 11) is 0. The van der Waals surface area contributed by atoms with Crippen LogP contribution in [-0.2, 0) is 4.79 Å². The van der Waals surface area contributed by atoms with Crippen LogP contribution in [0.4, 0.5) is 0 Å². The van der Waals surface area contributed by atoms with Crippen molar-refractivity contribution in [3.8, 4) is 0 Å². The molecular formula is C13H18OS. The number of ketones is 1. The Morgan fingerprint density at radius 3 is 2.33 bits per heavy atom. The Balaban J connectivity index is 2.46. The highest BCUT2D eigenvalue weighted by Gasteiger charge is 2.00. The molecule has 0 bridgehead atoms. The second-order valence-corrected chi connectivity index (χ2v) is 5.19. The normalized spacial score (nSPS) is 10.7. The number of benzene rings is 1. The standard InChI is InChI=1S/C13H18OS/c1-10(2)12-4-6-13(7-5-12)15-9-8-11(3)14/h4-7,10H,8-9H2,1-3H3. The van der Waals surface area contributed by atoms with Gasteiger partial charge in [-0.3, -0.25) is 4.79 Å². The van der Waals surface area contributed by atoms with Crippen LogP contribution in [0.2, 0.25) is 0 Å². The van der Waals surface area contributed by atoms with Crippen molar-refractivity contribution in [2.45, 2.75) is 38.0 Å². The van der Waals surface area contributed by atoms with Crippen LogP contribution in [0.25, 0.3) is 0 Å². The predicted octanol–water partition coefficient (Wildman–Crippen LogP) is 3.88. The summed E-state index contributed by atoms with van der Waals surface area (Å²) < 4.78 is 0. The van der Waals surface area contributed by atoms with Crippen LogP contribution in [0, 0.1) is 0 Å². The number of hydrogen-bond donors (Lipinski definition) is 0. The van der Waals surface area contributed by atoms with Crippen LogP contribution in [0.1, 0.15) is 38.7 Å². The van der Waals surface area contributed by atoms with Crippen molar-refractivity contribution in [3.05, 3.63) is 29.8 Å². The van der Waals surface area contributed by atoms with E-state index >= 15 is 0 Å². The van der Waals surface area contributed by atoms with Crippen molar-refractivity contribution in [2.75, 3.05) is 5.75 Å². The highest BCUT2D eigenvalue weighted by atomic mass is 32.2. The Bertz CT molecular complexity index is 314. The zero-order valence-electron chi connectivity index (χ0n) is 9.62. The predicted molar refractivity (Wildman–Crippen MR) is 66.6 cm³/mol. The molecular weight excluding hydrogens is 204 g/mol. The van der Waals surface area contributed by atoms with Gasteiger partial charge in [-0.15, -0.1) is 11.8 Å². The summed E-state index contributed by atoms with van der Waals surface area (Å²) in [5.74, 6) is 1.73. The van der Waals surface area contributed by atoms with Crippen molar-refractivity contribution in [1.82, 2.24) is 0 Å². The molecule has 1 rings (SSSR count). The molecule has 0 saturated carbocycles. The minimum atomic E-state index is 0.265. The molecule has 0 aliphatic rings. The lowest BCUT2D eigenvalue weighted by atomic mass is 10.0. The third kappa shape index (κ3) is 4.52. The van der Waals surface area contributed by atoms with Gasteiger partial charge in [0, 0.05) is 17.1 Å². The molecule has 0 aliphatic heterocycles. The molecule has 0 spiro atoms. The zero-order valence-corrected chi connectivity index (χ0v) is 10.4. The van der Waals surface area contributed by atoms with E-state index in [-0.39, 0.29) is 5.78 Å². The van der Waals surface area contributed by atoms with E-state index in [1.54, 1.807) is 18.7 Å². The number of carbonyl (C=O) groups is 1. The topological polar surface area (TPSA) is 17.1 Å². The molecule has 82 valence electrons. The minimum absolute atomic E-state index is 0.265. The molecule has 0 atom stereocenters. The quantitative estimate of drug-likeness (QED) is 0.703. The van der Waals surface area contributed by atoms with Crippen LogP contribution >= 0.6 is 11.8 Å². The van der Waals surface area contributed by atoms with Crippen LogP contribution in [0.15, 0.2) is 29.2 Å². The lowest BCUT2D eigenvalue weighted by Gasteiger charge is -2.06. The molecule has 0 amide bonds. The summed E-state index contributed by atoms with van der Waals surface area (Å²) in [5.41, 5.74) is 1.37. The van der Waals surface area contributed by atoms with Gasteiger partial charge in [-0.1, -0.05) is 26.0 Å². The van der Waals surface area contributed by atoms with Crippen molar-refractivity contribution < 1.29 is 4.79 Å². The molecule has 1 nitrogen and oxygen atoms in total. The van der Waals surface area contributed by atoms with Crippen molar-refractivity contribution in [1.29, 1.82) is 0 Å². The number of Topliss-reactive ketones (excluding diaryl/α,β-unsaturated/α-hetero) is 1. The van der Waals surface area contributed by atoms with Gasteiger partial charge in [-0.25, -0.2) is 0 Å². The Morgan fingerprint density at radius 2 is 1.87 bits per heavy atom. The van der Waals surface area contributed by atoms with E-state index in [9.17, 15) is 4.79 Å². The first-order valence-corrected chi connectivity index (χ1v) is 6.30. The molecule has 0 saturated heterocycles. The first-order valence-electron chi connectivity index (χ1n) is 5.32. The molecule has 0 fully saturated rings. The molecule has 1 aromatic carbocycles. The fraction of sp³-hybridized carbons (Fsp3) is 0.462. The van der Waals surface area contributed by atoms with Gasteiger partial charge in [0.1, 0.15) is 5.78 Å². The maximum Gasteiger partial charge on any atom is 0.130 e. The number of carbonyl (C=O) groups excluding carboxylic acids is 1. The summed E-state index contributed by atoms with van der Waals surface area (Å²) in [6, 6.07) is 8.61. The second-order valence-electron chi connectivity index (χ2n) is 4.02. The van der Waals surface area contributed by atoms with E-state index in [4.69, 9.17) is 0 Å². The third-order valence-corrected chi connectivity index (χ3v) is 3.28. The first kappa shape index (κ1) is 12.3. The monoisotopic (exact) mass is 222 g/mol. The van der Waals surface area contributed by atoms with E-state index in [2.05, 4.69) is 38.1 Å². The van der Waals surface area contributed by atoms with E-state index in [0.717, 1.165) is 5.75 Å². The lowest BCUT2D eigenvalue weighted by molar-refractivity contribution is -0.116. The van der Waals surface area contributed by atoms with Gasteiger partial charge >= 0.3 is 0 Å². The van der Waals surface area contributed by atoms with E-state index in [1.807, 2.05) is 0 Å². The highest BCUT2D eigenvalue weighted by molar-refractivity contribution is 7.99. The Labute approximate surface area is 96.3 Å². The molecule has 2 heteroatoms. The number of hydrogen-bond acceptors (Lipinski definition) is 2. The highest BCUT2D eigenvalue weighted by Crippen LogP contribution is 2.22. The average molecular weight is 222 g/mol. The van der Waals surface area contributed by atoms with Gasteiger partial charge in [0.05, 0.1) is 0 Å². The smallest absolute Gasteiger partial charge is 0.130 e. The van der Waals surface area contributed by atoms with Crippen LogP contribution in [0.5, 0.6) is 0 Å². The summed E-state index contributed by atoms with van der Waals surface area (Å²) >= 11 is 1.75. The van der Waals surface area contributed by atoms with Crippen LogP contribution in [-0.4, -0.2) is 11.5 Å². The van der Waals surface area contributed by atoms with Gasteiger partial charge in [0.15, 0.2) is 0 Å². The zero-order chi connectivity index (χ0) is 11.3. The van der Waals surface area contributed by atoms with Crippen molar-refractivity contribution in [2.24, 2.45) is 0 Å². The average Bonchev–Trinajstić information content (AvgIpc) is 2.18. The van der Waals surface area contributed by atoms with Crippen LogP contribution in [0.3, 0.4) is 0 Å². The fourth-order valence-corrected chi connectivity index (χ4v) is 2.22. The third-order valence-electron chi connectivity index (χ3n) is 2.27. The lowest BCUT2D eigenvalue weighted by Crippen LogP contribution is -1.91. The largest absolute Gasteiger partial charge is 0.300 e. The molecule has 0 radical (unpaired) electrons. The minimum Gasteiger partial charge on any atom is -0.300 e. The van der Waals surface area contributed by atoms with Gasteiger partial charge in [0.25, 0.3) is 0 Å². The van der Waals surface area contributed by atoms with Gasteiger partial charge < -0.3 is 0 Å². The van der Waals surface area contributed by atoms with Gasteiger partial charge in [-0.05, 0) is 30.5 Å². The molecule has 0 aliphatic carbocycles. The SMILES string of the molecule is CC(=O)CCSc1ccc(C(C)C)cc1. The maximum absolute atomic E-state index is 10.8. The molecule has 0 aromatic heterocycles. The van der Waals surface area contributed by atoms with Crippen molar-refractivity contribution in [3.63, 3.8) is 0 Å². The Kier molecular flexibility index (Phi) is 4.89. The van der Waals surface area contributed by atoms with E-state index in [0.29, 0.717) is 12.3 Å². The van der Waals surface area contributed by atoms with Gasteiger partial charge in [0.2, 0.25) is 0 Å². The summed E-state index contributed by atoms with van der Waals surface area (Å²) in [6.07, 6.45) is 0.663. The summed E-state index contributed by atoms with van der Waals surface area (Å²) in [4.78, 5) is 12.0. The Morgan fingerprint density at radius 1 is 1.27 bits per heavy atom. The summed E-state index contributed by atoms with van der Waals surface area (Å²) in [5, 5.41) is 0. The molecule has 0 N–H and O–H groups in total. The number of thioether (sulfide) groups is 1. The Hall–Kier alpha value is -0.760. The first-order chi connectivity index (χ1) is 7.09. The second kappa shape index (κ2) is 5.96. The molecule has 0 heterocycles. The molecule has 0 unspecified atom stereocenters. The van der Waals surface area contributed by atoms with E-state index < -0.39 is 0 Å². The number of rotatable bonds is 5. The molecule has 15 heavy (non-hydrogen) atoms. The fourth-order valence-electron chi connectivity index (χ4n) is 1.26. The van der Waals surface area contributed by atoms with Gasteiger partial charge in [-0.2, -0.15) is 0 Å². The van der Waals surface area contributed by atoms with Crippen LogP contribution < -0.4 is 0 Å². The molecule has 1 aromatic rings. The van der Waals surface area contributed by atoms with E-state index in [1.165, 1.54) is 10.5 Å². The summed E-state index contributed by atoms with van der Waals surface area (Å²) in [6.45, 7) is 6.03. The maximum atomic E-state index is 10.8. The van der Waals surface area contributed by atoms with Crippen molar-refractivity contribution >= 4 is 17.5 Å².